The van der Waals surface area contributed by atoms with Crippen molar-refractivity contribution in [1.82, 2.24) is 9.97 Å². The van der Waals surface area contributed by atoms with Crippen LogP contribution in [-0.2, 0) is 4.79 Å². The second-order valence-electron chi connectivity index (χ2n) is 7.35. The van der Waals surface area contributed by atoms with Crippen molar-refractivity contribution < 1.29 is 18.3 Å². The Kier molecular flexibility index (Phi) is 7.23. The highest BCUT2D eigenvalue weighted by molar-refractivity contribution is 7.99. The van der Waals surface area contributed by atoms with Crippen molar-refractivity contribution in [2.75, 3.05) is 54.2 Å². The van der Waals surface area contributed by atoms with Crippen LogP contribution in [-0.4, -0.2) is 54.9 Å². The Hall–Kier alpha value is -3.40. The van der Waals surface area contributed by atoms with E-state index < -0.39 is 17.5 Å². The minimum atomic E-state index is -0.687. The smallest absolute Gasteiger partial charge is 0.234 e. The number of thioether (sulfide) groups is 1. The number of rotatable bonds is 7. The van der Waals surface area contributed by atoms with Crippen LogP contribution in [0.15, 0.2) is 59.9 Å². The molecule has 2 aromatic carbocycles. The minimum Gasteiger partial charge on any atom is -0.497 e. The second kappa shape index (κ2) is 10.5. The van der Waals surface area contributed by atoms with Crippen LogP contribution in [0.5, 0.6) is 5.75 Å². The lowest BCUT2D eigenvalue weighted by molar-refractivity contribution is -0.113. The van der Waals surface area contributed by atoms with Gasteiger partial charge in [-0.25, -0.2) is 18.7 Å². The first-order chi connectivity index (χ1) is 16.0. The first-order valence-corrected chi connectivity index (χ1v) is 11.3. The number of amides is 1. The molecule has 0 atom stereocenters. The summed E-state index contributed by atoms with van der Waals surface area (Å²) in [5.41, 5.74) is 0.967. The van der Waals surface area contributed by atoms with Crippen LogP contribution in [0.4, 0.5) is 26.0 Å². The molecule has 0 saturated carbocycles. The van der Waals surface area contributed by atoms with Gasteiger partial charge in [-0.1, -0.05) is 11.8 Å². The van der Waals surface area contributed by atoms with Crippen LogP contribution in [0.25, 0.3) is 0 Å². The predicted molar refractivity (Wildman–Crippen MR) is 125 cm³/mol. The molecule has 7 nitrogen and oxygen atoms in total. The van der Waals surface area contributed by atoms with Crippen LogP contribution < -0.4 is 19.9 Å². The summed E-state index contributed by atoms with van der Waals surface area (Å²) in [5, 5.41) is 3.02. The van der Waals surface area contributed by atoms with E-state index in [1.807, 2.05) is 18.2 Å². The number of methoxy groups -OCH3 is 1. The second-order valence-corrected chi connectivity index (χ2v) is 8.34. The fourth-order valence-electron chi connectivity index (χ4n) is 3.49. The van der Waals surface area contributed by atoms with Gasteiger partial charge in [0, 0.05) is 44.0 Å². The summed E-state index contributed by atoms with van der Waals surface area (Å²) in [5.74, 6) is -0.119. The fraction of sp³-hybridized carbons (Fsp3) is 0.261. The van der Waals surface area contributed by atoms with Crippen LogP contribution in [0.1, 0.15) is 0 Å². The quantitative estimate of drug-likeness (QED) is 0.415. The number of carbonyl (C=O) groups excluding carboxylic acids is 1. The van der Waals surface area contributed by atoms with E-state index in [0.717, 1.165) is 61.6 Å². The molecule has 0 aliphatic carbocycles. The number of aromatic nitrogens is 2. The average Bonchev–Trinajstić information content (AvgIpc) is 2.85. The molecule has 0 radical (unpaired) electrons. The van der Waals surface area contributed by atoms with Crippen molar-refractivity contribution in [2.45, 2.75) is 5.03 Å². The number of carbonyl (C=O) groups is 1. The van der Waals surface area contributed by atoms with E-state index in [9.17, 15) is 13.6 Å². The van der Waals surface area contributed by atoms with Crippen molar-refractivity contribution in [3.8, 4) is 5.75 Å². The number of ether oxygens (including phenoxy) is 1. The molecule has 3 aromatic rings. The standard InChI is InChI=1S/C23H23F2N5O2S/c1-32-18-5-3-17(4-6-18)29-8-10-30(11-9-29)21-13-23(27-15-26-21)33-14-22(31)28-20-12-16(24)2-7-19(20)25/h2-7,12-13,15H,8-11,14H2,1H3,(H,28,31). The number of nitrogens with one attached hydrogen (secondary N) is 1. The summed E-state index contributed by atoms with van der Waals surface area (Å²) in [6.07, 6.45) is 1.47. The van der Waals surface area contributed by atoms with Crippen molar-refractivity contribution in [1.29, 1.82) is 0 Å². The van der Waals surface area contributed by atoms with Gasteiger partial charge in [0.1, 0.15) is 34.6 Å². The van der Waals surface area contributed by atoms with E-state index in [0.29, 0.717) is 5.03 Å². The van der Waals surface area contributed by atoms with Crippen molar-refractivity contribution in [3.63, 3.8) is 0 Å². The highest BCUT2D eigenvalue weighted by Crippen LogP contribution is 2.24. The number of hydrogen-bond donors (Lipinski definition) is 1. The van der Waals surface area contributed by atoms with Gasteiger partial charge < -0.3 is 19.9 Å². The highest BCUT2D eigenvalue weighted by atomic mass is 32.2. The molecule has 1 aliphatic heterocycles. The molecule has 4 rings (SSSR count). The molecule has 0 bridgehead atoms. The Labute approximate surface area is 194 Å². The number of nitrogens with zero attached hydrogens (tertiary/aromatic N) is 4. The summed E-state index contributed by atoms with van der Waals surface area (Å²) < 4.78 is 32.2. The Morgan fingerprint density at radius 2 is 1.76 bits per heavy atom. The maximum atomic E-state index is 13.7. The molecule has 1 N–H and O–H groups in total. The molecular formula is C23H23F2N5O2S. The number of piperazine rings is 1. The lowest BCUT2D eigenvalue weighted by atomic mass is 10.2. The summed E-state index contributed by atoms with van der Waals surface area (Å²) in [6.45, 7) is 3.29. The van der Waals surface area contributed by atoms with E-state index >= 15 is 0 Å². The normalized spacial score (nSPS) is 13.7. The number of benzene rings is 2. The molecule has 0 unspecified atom stereocenters. The zero-order valence-corrected chi connectivity index (χ0v) is 18.8. The van der Waals surface area contributed by atoms with Gasteiger partial charge in [0.15, 0.2) is 0 Å². The molecule has 2 heterocycles. The largest absolute Gasteiger partial charge is 0.497 e. The molecule has 1 saturated heterocycles. The van der Waals surface area contributed by atoms with Crippen molar-refractivity contribution >= 4 is 34.9 Å². The molecule has 1 aliphatic rings. The maximum absolute atomic E-state index is 13.7. The van der Waals surface area contributed by atoms with E-state index in [1.54, 1.807) is 7.11 Å². The summed E-state index contributed by atoms with van der Waals surface area (Å²) in [7, 11) is 1.65. The monoisotopic (exact) mass is 471 g/mol. The summed E-state index contributed by atoms with van der Waals surface area (Å²) in [4.78, 5) is 25.2. The van der Waals surface area contributed by atoms with E-state index in [-0.39, 0.29) is 11.4 Å². The Morgan fingerprint density at radius 1 is 1.03 bits per heavy atom. The van der Waals surface area contributed by atoms with Gasteiger partial charge in [-0.15, -0.1) is 0 Å². The molecular weight excluding hydrogens is 448 g/mol. The molecule has 1 amide bonds. The molecule has 10 heteroatoms. The zero-order chi connectivity index (χ0) is 23.2. The molecule has 1 fully saturated rings. The van der Waals surface area contributed by atoms with Gasteiger partial charge in [-0.3, -0.25) is 4.79 Å². The molecule has 33 heavy (non-hydrogen) atoms. The van der Waals surface area contributed by atoms with Gasteiger partial charge in [-0.05, 0) is 36.4 Å². The Balaban J connectivity index is 1.30. The SMILES string of the molecule is COc1ccc(N2CCN(c3cc(SCC(=O)Nc4cc(F)ccc4F)ncn3)CC2)cc1. The zero-order valence-electron chi connectivity index (χ0n) is 18.0. The van der Waals surface area contributed by atoms with E-state index in [2.05, 4.69) is 37.2 Å². The third-order valence-corrected chi connectivity index (χ3v) is 6.15. The molecule has 0 spiro atoms. The van der Waals surface area contributed by atoms with E-state index in [4.69, 9.17) is 4.74 Å². The lowest BCUT2D eigenvalue weighted by Gasteiger charge is -2.36. The lowest BCUT2D eigenvalue weighted by Crippen LogP contribution is -2.46. The summed E-state index contributed by atoms with van der Waals surface area (Å²) >= 11 is 1.21. The van der Waals surface area contributed by atoms with Gasteiger partial charge >= 0.3 is 0 Å². The maximum Gasteiger partial charge on any atom is 0.234 e. The topological polar surface area (TPSA) is 70.6 Å². The van der Waals surface area contributed by atoms with E-state index in [1.165, 1.54) is 18.1 Å². The Bertz CT molecular complexity index is 1110. The highest BCUT2D eigenvalue weighted by Gasteiger charge is 2.19. The van der Waals surface area contributed by atoms with Gasteiger partial charge in [-0.2, -0.15) is 0 Å². The van der Waals surface area contributed by atoms with Gasteiger partial charge in [0.2, 0.25) is 5.91 Å². The van der Waals surface area contributed by atoms with Gasteiger partial charge in [0.05, 0.1) is 18.6 Å². The number of halogens is 2. The predicted octanol–water partition coefficient (Wildman–Crippen LogP) is 3.82. The Morgan fingerprint density at radius 3 is 2.48 bits per heavy atom. The summed E-state index contributed by atoms with van der Waals surface area (Å²) in [6, 6.07) is 12.8. The van der Waals surface area contributed by atoms with Gasteiger partial charge in [0.25, 0.3) is 0 Å². The van der Waals surface area contributed by atoms with Crippen LogP contribution in [0.2, 0.25) is 0 Å². The van der Waals surface area contributed by atoms with Crippen molar-refractivity contribution in [3.05, 3.63) is 66.5 Å². The number of anilines is 3. The third-order valence-electron chi connectivity index (χ3n) is 5.22. The number of hydrogen-bond acceptors (Lipinski definition) is 7. The third kappa shape index (κ3) is 5.89. The van der Waals surface area contributed by atoms with Crippen LogP contribution in [0, 0.1) is 11.6 Å². The first-order valence-electron chi connectivity index (χ1n) is 10.4. The van der Waals surface area contributed by atoms with Crippen LogP contribution >= 0.6 is 11.8 Å². The van der Waals surface area contributed by atoms with Crippen LogP contribution in [0.3, 0.4) is 0 Å². The fourth-order valence-corrected chi connectivity index (χ4v) is 4.15. The van der Waals surface area contributed by atoms with Crippen molar-refractivity contribution in [2.24, 2.45) is 0 Å². The molecule has 1 aromatic heterocycles. The first kappa shape index (κ1) is 22.8. The minimum absolute atomic E-state index is 0.0116. The average molecular weight is 472 g/mol. The molecule has 172 valence electrons.